The summed E-state index contributed by atoms with van der Waals surface area (Å²) in [6.45, 7) is 1.26. The molecule has 1 aliphatic rings. The van der Waals surface area contributed by atoms with Crippen LogP contribution in [-0.2, 0) is 11.3 Å². The number of benzene rings is 2. The van der Waals surface area contributed by atoms with Gasteiger partial charge in [-0.05, 0) is 43.3 Å². The van der Waals surface area contributed by atoms with Crippen LogP contribution in [0.5, 0.6) is 0 Å². The number of amides is 1. The van der Waals surface area contributed by atoms with Gasteiger partial charge in [-0.2, -0.15) is 0 Å². The summed E-state index contributed by atoms with van der Waals surface area (Å²) in [7, 11) is 1.92. The molecule has 120 valence electrons. The minimum atomic E-state index is -0.252. The number of halogens is 2. The molecule has 1 atom stereocenters. The Kier molecular flexibility index (Phi) is 4.64. The lowest BCUT2D eigenvalue weighted by atomic mass is 10.1. The average molecular weight is 333 g/mol. The average Bonchev–Trinajstić information content (AvgIpc) is 2.92. The Labute approximate surface area is 140 Å². The number of rotatable bonds is 4. The second-order valence-corrected chi connectivity index (χ2v) is 6.19. The second kappa shape index (κ2) is 6.69. The van der Waals surface area contributed by atoms with Crippen molar-refractivity contribution in [3.8, 4) is 0 Å². The molecule has 3 rings (SSSR count). The maximum atomic E-state index is 13.0. The first-order valence-corrected chi connectivity index (χ1v) is 7.94. The van der Waals surface area contributed by atoms with Crippen molar-refractivity contribution in [1.82, 2.24) is 4.90 Å². The van der Waals surface area contributed by atoms with Crippen LogP contribution in [0.1, 0.15) is 12.0 Å². The summed E-state index contributed by atoms with van der Waals surface area (Å²) < 4.78 is 13.0. The van der Waals surface area contributed by atoms with Crippen LogP contribution in [0.2, 0.25) is 5.02 Å². The van der Waals surface area contributed by atoms with Gasteiger partial charge in [0.15, 0.2) is 0 Å². The Morgan fingerprint density at radius 3 is 2.61 bits per heavy atom. The number of para-hydroxylation sites is 1. The molecule has 1 fully saturated rings. The summed E-state index contributed by atoms with van der Waals surface area (Å²) in [5, 5.41) is 0.586. The molecule has 1 unspecified atom stereocenters. The molecule has 23 heavy (non-hydrogen) atoms. The molecule has 0 aromatic heterocycles. The molecule has 0 spiro atoms. The number of anilines is 1. The molecule has 5 heteroatoms. The van der Waals surface area contributed by atoms with E-state index in [0.717, 1.165) is 17.7 Å². The Hall–Kier alpha value is -1.91. The zero-order valence-corrected chi connectivity index (χ0v) is 13.6. The molecular formula is C18H18ClFN2O. The van der Waals surface area contributed by atoms with Crippen LogP contribution in [-0.4, -0.2) is 30.4 Å². The summed E-state index contributed by atoms with van der Waals surface area (Å²) in [5.74, 6) is -0.194. The summed E-state index contributed by atoms with van der Waals surface area (Å²) in [5.41, 5.74) is 1.75. The van der Waals surface area contributed by atoms with E-state index in [9.17, 15) is 9.18 Å². The number of nitrogens with zero attached hydrogens (tertiary/aromatic N) is 2. The first kappa shape index (κ1) is 16.0. The van der Waals surface area contributed by atoms with Gasteiger partial charge in [0.2, 0.25) is 5.91 Å². The topological polar surface area (TPSA) is 23.6 Å². The molecule has 1 saturated heterocycles. The van der Waals surface area contributed by atoms with E-state index in [0.29, 0.717) is 18.1 Å². The minimum absolute atomic E-state index is 0.0581. The van der Waals surface area contributed by atoms with Gasteiger partial charge in [0.05, 0.1) is 16.8 Å². The molecule has 2 aromatic rings. The Morgan fingerprint density at radius 2 is 1.91 bits per heavy atom. The van der Waals surface area contributed by atoms with Crippen LogP contribution < -0.4 is 4.90 Å². The minimum Gasteiger partial charge on any atom is -0.310 e. The van der Waals surface area contributed by atoms with Crippen molar-refractivity contribution in [3.05, 3.63) is 64.9 Å². The van der Waals surface area contributed by atoms with Gasteiger partial charge in [0.25, 0.3) is 0 Å². The van der Waals surface area contributed by atoms with Gasteiger partial charge >= 0.3 is 0 Å². The lowest BCUT2D eigenvalue weighted by Crippen LogP contribution is -2.39. The Morgan fingerprint density at radius 1 is 1.22 bits per heavy atom. The third-order valence-electron chi connectivity index (χ3n) is 4.20. The van der Waals surface area contributed by atoms with E-state index in [1.165, 1.54) is 12.1 Å². The van der Waals surface area contributed by atoms with Crippen molar-refractivity contribution < 1.29 is 9.18 Å². The predicted octanol–water partition coefficient (Wildman–Crippen LogP) is 3.72. The summed E-state index contributed by atoms with van der Waals surface area (Å²) in [6.07, 6.45) is 0.752. The van der Waals surface area contributed by atoms with Crippen LogP contribution in [0.4, 0.5) is 10.1 Å². The molecule has 0 radical (unpaired) electrons. The Balaban J connectivity index is 1.71. The highest BCUT2D eigenvalue weighted by Crippen LogP contribution is 2.30. The van der Waals surface area contributed by atoms with Gasteiger partial charge in [-0.3, -0.25) is 9.69 Å². The molecule has 1 amide bonds. The van der Waals surface area contributed by atoms with E-state index in [2.05, 4.69) is 0 Å². The molecule has 0 N–H and O–H groups in total. The predicted molar refractivity (Wildman–Crippen MR) is 90.1 cm³/mol. The second-order valence-electron chi connectivity index (χ2n) is 5.79. The van der Waals surface area contributed by atoms with Gasteiger partial charge in [0, 0.05) is 13.1 Å². The van der Waals surface area contributed by atoms with Crippen molar-refractivity contribution >= 4 is 23.2 Å². The fraction of sp³-hybridized carbons (Fsp3) is 0.278. The maximum absolute atomic E-state index is 13.0. The smallest absolute Gasteiger partial charge is 0.244 e. The van der Waals surface area contributed by atoms with E-state index < -0.39 is 0 Å². The van der Waals surface area contributed by atoms with E-state index >= 15 is 0 Å². The SMILES string of the molecule is CN(Cc1ccc(F)cc1)C1CCN(c2ccccc2Cl)C1=O. The molecule has 0 saturated carbocycles. The van der Waals surface area contributed by atoms with Crippen molar-refractivity contribution in [2.24, 2.45) is 0 Å². The molecule has 0 aliphatic carbocycles. The lowest BCUT2D eigenvalue weighted by molar-refractivity contribution is -0.121. The third-order valence-corrected chi connectivity index (χ3v) is 4.52. The van der Waals surface area contributed by atoms with Crippen molar-refractivity contribution in [2.45, 2.75) is 19.0 Å². The quantitative estimate of drug-likeness (QED) is 0.852. The summed E-state index contributed by atoms with van der Waals surface area (Å²) in [6, 6.07) is 13.6. The summed E-state index contributed by atoms with van der Waals surface area (Å²) in [4.78, 5) is 16.5. The zero-order valence-electron chi connectivity index (χ0n) is 12.9. The van der Waals surface area contributed by atoms with Gasteiger partial charge in [-0.25, -0.2) is 4.39 Å². The number of carbonyl (C=O) groups is 1. The fourth-order valence-corrected chi connectivity index (χ4v) is 3.21. The Bertz CT molecular complexity index is 704. The van der Waals surface area contributed by atoms with Crippen molar-refractivity contribution in [1.29, 1.82) is 0 Å². The van der Waals surface area contributed by atoms with Crippen LogP contribution in [0.3, 0.4) is 0 Å². The number of hydrogen-bond donors (Lipinski definition) is 0. The highest BCUT2D eigenvalue weighted by molar-refractivity contribution is 6.33. The molecule has 1 heterocycles. The van der Waals surface area contributed by atoms with Gasteiger partial charge in [-0.1, -0.05) is 35.9 Å². The molecule has 3 nitrogen and oxygen atoms in total. The van der Waals surface area contributed by atoms with E-state index in [4.69, 9.17) is 11.6 Å². The van der Waals surface area contributed by atoms with Crippen LogP contribution in [0.15, 0.2) is 48.5 Å². The zero-order chi connectivity index (χ0) is 16.4. The van der Waals surface area contributed by atoms with Gasteiger partial charge in [-0.15, -0.1) is 0 Å². The van der Waals surface area contributed by atoms with Gasteiger partial charge < -0.3 is 4.90 Å². The third kappa shape index (κ3) is 3.38. The van der Waals surface area contributed by atoms with E-state index in [1.54, 1.807) is 23.1 Å². The standard InChI is InChI=1S/C18H18ClFN2O/c1-21(12-13-6-8-14(20)9-7-13)17-10-11-22(18(17)23)16-5-3-2-4-15(16)19/h2-9,17H,10-12H2,1H3. The molecule has 0 bridgehead atoms. The monoisotopic (exact) mass is 332 g/mol. The first-order valence-electron chi connectivity index (χ1n) is 7.57. The van der Waals surface area contributed by atoms with Crippen LogP contribution in [0.25, 0.3) is 0 Å². The van der Waals surface area contributed by atoms with Crippen molar-refractivity contribution in [3.63, 3.8) is 0 Å². The highest BCUT2D eigenvalue weighted by Gasteiger charge is 2.35. The van der Waals surface area contributed by atoms with E-state index in [-0.39, 0.29) is 17.8 Å². The lowest BCUT2D eigenvalue weighted by Gasteiger charge is -2.24. The summed E-state index contributed by atoms with van der Waals surface area (Å²) >= 11 is 6.20. The van der Waals surface area contributed by atoms with Crippen molar-refractivity contribution in [2.75, 3.05) is 18.5 Å². The molecular weight excluding hydrogens is 315 g/mol. The normalized spacial score (nSPS) is 18.0. The largest absolute Gasteiger partial charge is 0.310 e. The first-order chi connectivity index (χ1) is 11.1. The van der Waals surface area contributed by atoms with E-state index in [1.807, 2.05) is 30.1 Å². The fourth-order valence-electron chi connectivity index (χ4n) is 2.97. The molecule has 2 aromatic carbocycles. The molecule has 1 aliphatic heterocycles. The number of carbonyl (C=O) groups excluding carboxylic acids is 1. The van der Waals surface area contributed by atoms with Gasteiger partial charge in [0.1, 0.15) is 5.82 Å². The van der Waals surface area contributed by atoms with Crippen LogP contribution in [0, 0.1) is 5.82 Å². The number of likely N-dealkylation sites (N-methyl/N-ethyl adjacent to an activating group) is 1. The number of hydrogen-bond acceptors (Lipinski definition) is 2. The highest BCUT2D eigenvalue weighted by atomic mass is 35.5. The van der Waals surface area contributed by atoms with Crippen LogP contribution >= 0.6 is 11.6 Å². The maximum Gasteiger partial charge on any atom is 0.244 e.